The number of hydrogen-bond donors (Lipinski definition) is 1. The van der Waals surface area contributed by atoms with Crippen LogP contribution in [0.15, 0.2) is 16.5 Å². The lowest BCUT2D eigenvalue weighted by Gasteiger charge is -2.05. The maximum absolute atomic E-state index is 10.1. The summed E-state index contributed by atoms with van der Waals surface area (Å²) in [5.74, 6) is 2.05. The van der Waals surface area contributed by atoms with E-state index in [1.54, 1.807) is 0 Å². The summed E-state index contributed by atoms with van der Waals surface area (Å²) >= 11 is 0. The Morgan fingerprint density at radius 1 is 1.62 bits per heavy atom. The van der Waals surface area contributed by atoms with Crippen molar-refractivity contribution in [3.63, 3.8) is 0 Å². The van der Waals surface area contributed by atoms with Gasteiger partial charge in [-0.3, -0.25) is 0 Å². The maximum Gasteiger partial charge on any atom is 0.136 e. The van der Waals surface area contributed by atoms with E-state index < -0.39 is 5.60 Å². The average Bonchev–Trinajstić information content (AvgIpc) is 2.57. The minimum Gasteiger partial charge on any atom is -0.463 e. The zero-order valence-electron chi connectivity index (χ0n) is 8.21. The Morgan fingerprint density at radius 2 is 2.38 bits per heavy atom. The first-order valence-electron chi connectivity index (χ1n) is 4.96. The van der Waals surface area contributed by atoms with Gasteiger partial charge in [0.15, 0.2) is 0 Å². The van der Waals surface area contributed by atoms with Gasteiger partial charge in [0.1, 0.15) is 17.1 Å². The van der Waals surface area contributed by atoms with Gasteiger partial charge in [0.05, 0.1) is 0 Å². The van der Waals surface area contributed by atoms with Crippen LogP contribution in [-0.2, 0) is 5.60 Å². The Labute approximate surface area is 78.6 Å². The van der Waals surface area contributed by atoms with Crippen molar-refractivity contribution in [2.75, 3.05) is 0 Å². The molecular weight excluding hydrogens is 164 g/mol. The minimum atomic E-state index is -0.635. The normalized spacial score (nSPS) is 32.1. The largest absolute Gasteiger partial charge is 0.463 e. The van der Waals surface area contributed by atoms with Crippen molar-refractivity contribution >= 4 is 0 Å². The molecule has 0 bridgehead atoms. The molecule has 2 rings (SSSR count). The van der Waals surface area contributed by atoms with Crippen LogP contribution >= 0.6 is 0 Å². The van der Waals surface area contributed by atoms with Crippen molar-refractivity contribution in [2.45, 2.75) is 38.7 Å². The molecule has 1 aromatic heterocycles. The van der Waals surface area contributed by atoms with E-state index in [0.29, 0.717) is 5.92 Å². The fourth-order valence-corrected chi connectivity index (χ4v) is 1.98. The summed E-state index contributed by atoms with van der Waals surface area (Å²) in [4.78, 5) is 0. The van der Waals surface area contributed by atoms with Gasteiger partial charge in [0.2, 0.25) is 0 Å². The minimum absolute atomic E-state index is 0.419. The van der Waals surface area contributed by atoms with E-state index >= 15 is 0 Å². The van der Waals surface area contributed by atoms with Crippen molar-refractivity contribution in [2.24, 2.45) is 5.92 Å². The summed E-state index contributed by atoms with van der Waals surface area (Å²) in [7, 11) is 0. The van der Waals surface area contributed by atoms with E-state index in [9.17, 15) is 5.11 Å². The molecule has 2 unspecified atom stereocenters. The topological polar surface area (TPSA) is 33.4 Å². The fourth-order valence-electron chi connectivity index (χ4n) is 1.98. The van der Waals surface area contributed by atoms with Crippen LogP contribution in [0.1, 0.15) is 37.7 Å². The first-order valence-corrected chi connectivity index (χ1v) is 4.96. The van der Waals surface area contributed by atoms with Gasteiger partial charge in [-0.2, -0.15) is 0 Å². The zero-order chi connectivity index (χ0) is 9.47. The molecule has 0 aromatic carbocycles. The summed E-state index contributed by atoms with van der Waals surface area (Å²) in [5.41, 5.74) is -0.635. The third-order valence-corrected chi connectivity index (χ3v) is 2.88. The quantitative estimate of drug-likeness (QED) is 0.775. The van der Waals surface area contributed by atoms with Crippen LogP contribution < -0.4 is 0 Å². The predicted octanol–water partition coefficient (Wildman–Crippen LogP) is 2.60. The molecule has 1 aromatic rings. The Bertz CT molecular complexity index is 303. The molecule has 2 atom stereocenters. The van der Waals surface area contributed by atoms with Gasteiger partial charge < -0.3 is 9.52 Å². The third kappa shape index (κ3) is 1.39. The van der Waals surface area contributed by atoms with Crippen molar-refractivity contribution < 1.29 is 9.52 Å². The summed E-state index contributed by atoms with van der Waals surface area (Å²) in [5, 5.41) is 10.1. The van der Waals surface area contributed by atoms with Crippen molar-refractivity contribution in [3.8, 4) is 0 Å². The second-order valence-corrected chi connectivity index (χ2v) is 4.02. The summed E-state index contributed by atoms with van der Waals surface area (Å²) in [6.45, 7) is 4.05. The first-order chi connectivity index (χ1) is 6.16. The van der Waals surface area contributed by atoms with Gasteiger partial charge in [-0.1, -0.05) is 13.3 Å². The number of aliphatic hydroxyl groups is 1. The highest BCUT2D eigenvalue weighted by molar-refractivity contribution is 5.22. The van der Waals surface area contributed by atoms with Gasteiger partial charge >= 0.3 is 0 Å². The molecule has 2 heteroatoms. The number of hydrogen-bond acceptors (Lipinski definition) is 2. The smallest absolute Gasteiger partial charge is 0.136 e. The van der Waals surface area contributed by atoms with E-state index in [-0.39, 0.29) is 0 Å². The van der Waals surface area contributed by atoms with Crippen LogP contribution in [0.3, 0.4) is 0 Å². The lowest BCUT2D eigenvalue weighted by molar-refractivity contribution is 0.101. The molecule has 13 heavy (non-hydrogen) atoms. The second kappa shape index (κ2) is 2.88. The van der Waals surface area contributed by atoms with E-state index in [1.807, 2.05) is 19.1 Å². The van der Waals surface area contributed by atoms with E-state index in [0.717, 1.165) is 30.8 Å². The number of aryl methyl sites for hydroxylation is 1. The van der Waals surface area contributed by atoms with E-state index in [1.165, 1.54) is 0 Å². The number of furan rings is 1. The predicted molar refractivity (Wildman–Crippen MR) is 50.4 cm³/mol. The lowest BCUT2D eigenvalue weighted by Crippen LogP contribution is -2.06. The molecule has 0 saturated heterocycles. The highest BCUT2D eigenvalue weighted by Gasteiger charge is 2.55. The van der Waals surface area contributed by atoms with Gasteiger partial charge in [0.25, 0.3) is 0 Å². The lowest BCUT2D eigenvalue weighted by atomic mass is 10.1. The average molecular weight is 180 g/mol. The molecule has 1 aliphatic rings. The fraction of sp³-hybridized carbons (Fsp3) is 0.636. The van der Waals surface area contributed by atoms with Gasteiger partial charge in [-0.05, 0) is 37.8 Å². The third-order valence-electron chi connectivity index (χ3n) is 2.88. The summed E-state index contributed by atoms with van der Waals surface area (Å²) in [6, 6.07) is 3.81. The Hall–Kier alpha value is -0.760. The monoisotopic (exact) mass is 180 g/mol. The standard InChI is InChI=1S/C11H16O2/c1-3-4-9-7-11(9,12)10-6-5-8(2)13-10/h5-6,9,12H,3-4,7H2,1-2H3. The van der Waals surface area contributed by atoms with E-state index in [2.05, 4.69) is 6.92 Å². The zero-order valence-corrected chi connectivity index (χ0v) is 8.21. The van der Waals surface area contributed by atoms with Gasteiger partial charge in [0, 0.05) is 0 Å². The first kappa shape index (κ1) is 8.82. The Morgan fingerprint density at radius 3 is 2.92 bits per heavy atom. The molecule has 0 aliphatic heterocycles. The van der Waals surface area contributed by atoms with Gasteiger partial charge in [-0.15, -0.1) is 0 Å². The number of rotatable bonds is 3. The van der Waals surface area contributed by atoms with Crippen molar-refractivity contribution in [3.05, 3.63) is 23.7 Å². The highest BCUT2D eigenvalue weighted by Crippen LogP contribution is 2.54. The molecule has 1 saturated carbocycles. The molecule has 1 fully saturated rings. The van der Waals surface area contributed by atoms with Crippen LogP contribution in [0.5, 0.6) is 0 Å². The molecule has 0 amide bonds. The Balaban J connectivity index is 2.11. The molecular formula is C11H16O2. The van der Waals surface area contributed by atoms with Crippen LogP contribution in [0.2, 0.25) is 0 Å². The van der Waals surface area contributed by atoms with Crippen LogP contribution in [-0.4, -0.2) is 5.11 Å². The van der Waals surface area contributed by atoms with Crippen LogP contribution in [0.25, 0.3) is 0 Å². The van der Waals surface area contributed by atoms with Crippen molar-refractivity contribution in [1.29, 1.82) is 0 Å². The molecule has 1 heterocycles. The summed E-state index contributed by atoms with van der Waals surface area (Å²) < 4.78 is 5.44. The van der Waals surface area contributed by atoms with E-state index in [4.69, 9.17) is 4.42 Å². The molecule has 2 nitrogen and oxygen atoms in total. The Kier molecular flexibility index (Phi) is 1.95. The van der Waals surface area contributed by atoms with Crippen LogP contribution in [0, 0.1) is 12.8 Å². The second-order valence-electron chi connectivity index (χ2n) is 4.02. The molecule has 1 N–H and O–H groups in total. The van der Waals surface area contributed by atoms with Gasteiger partial charge in [-0.25, -0.2) is 0 Å². The maximum atomic E-state index is 10.1. The molecule has 1 aliphatic carbocycles. The van der Waals surface area contributed by atoms with Crippen LogP contribution in [0.4, 0.5) is 0 Å². The molecule has 0 spiro atoms. The summed E-state index contributed by atoms with van der Waals surface area (Å²) in [6.07, 6.45) is 3.09. The van der Waals surface area contributed by atoms with Crippen molar-refractivity contribution in [1.82, 2.24) is 0 Å². The highest BCUT2D eigenvalue weighted by atomic mass is 16.4. The SMILES string of the molecule is CCCC1CC1(O)c1ccc(C)o1. The molecule has 72 valence electrons. The molecule has 0 radical (unpaired) electrons.